The number of aliphatic imine (C=N–C) groups is 1. The fourth-order valence-electron chi connectivity index (χ4n) is 3.25. The summed E-state index contributed by atoms with van der Waals surface area (Å²) in [6.45, 7) is 3.53. The molecule has 29 heavy (non-hydrogen) atoms. The van der Waals surface area contributed by atoms with Crippen molar-refractivity contribution in [2.75, 3.05) is 27.7 Å². The topological polar surface area (TPSA) is 72.5 Å². The largest absolute Gasteiger partial charge is 0.361 e. The summed E-state index contributed by atoms with van der Waals surface area (Å²) in [4.78, 5) is 21.2. The van der Waals surface area contributed by atoms with Crippen molar-refractivity contribution >= 4 is 22.8 Å². The highest BCUT2D eigenvalue weighted by Crippen LogP contribution is 2.19. The molecule has 0 aliphatic rings. The van der Waals surface area contributed by atoms with E-state index in [9.17, 15) is 4.79 Å². The van der Waals surface area contributed by atoms with Crippen molar-refractivity contribution in [3.05, 3.63) is 70.9 Å². The molecular weight excluding hydrogens is 362 g/mol. The molecule has 152 valence electrons. The molecule has 2 aromatic carbocycles. The van der Waals surface area contributed by atoms with Crippen molar-refractivity contribution in [3.8, 4) is 0 Å². The monoisotopic (exact) mass is 391 g/mol. The van der Waals surface area contributed by atoms with Crippen molar-refractivity contribution in [2.45, 2.75) is 19.9 Å². The summed E-state index contributed by atoms with van der Waals surface area (Å²) in [5.74, 6) is 0.767. The van der Waals surface area contributed by atoms with Gasteiger partial charge in [-0.1, -0.05) is 24.3 Å². The number of H-pyrrole nitrogens is 1. The van der Waals surface area contributed by atoms with Gasteiger partial charge in [0, 0.05) is 56.9 Å². The first-order valence-electron chi connectivity index (χ1n) is 9.79. The van der Waals surface area contributed by atoms with E-state index in [1.54, 1.807) is 26.0 Å². The lowest BCUT2D eigenvalue weighted by Gasteiger charge is -2.13. The minimum Gasteiger partial charge on any atom is -0.361 e. The molecule has 0 saturated heterocycles. The standard InChI is InChI=1S/C23H29N5O/c1-16-5-10-20-19(15-26-21(20)13-16)11-12-25-23(24-2)27-14-17-6-8-18(9-7-17)22(29)28(3)4/h5-10,13,15,26H,11-12,14H2,1-4H3,(H2,24,25,27). The molecule has 3 rings (SSSR count). The maximum absolute atomic E-state index is 12.0. The second-order valence-electron chi connectivity index (χ2n) is 7.36. The van der Waals surface area contributed by atoms with Gasteiger partial charge < -0.3 is 20.5 Å². The maximum Gasteiger partial charge on any atom is 0.253 e. The molecule has 1 heterocycles. The Morgan fingerprint density at radius 3 is 2.55 bits per heavy atom. The van der Waals surface area contributed by atoms with E-state index >= 15 is 0 Å². The number of benzene rings is 2. The fraction of sp³-hybridized carbons (Fsp3) is 0.304. The number of carbonyl (C=O) groups is 1. The predicted octanol–water partition coefficient (Wildman–Crippen LogP) is 3.09. The predicted molar refractivity (Wildman–Crippen MR) is 119 cm³/mol. The molecule has 6 heteroatoms. The van der Waals surface area contributed by atoms with E-state index in [2.05, 4.69) is 51.9 Å². The van der Waals surface area contributed by atoms with Gasteiger partial charge in [0.25, 0.3) is 5.91 Å². The zero-order valence-corrected chi connectivity index (χ0v) is 17.5. The van der Waals surface area contributed by atoms with Gasteiger partial charge >= 0.3 is 0 Å². The van der Waals surface area contributed by atoms with Gasteiger partial charge in [-0.2, -0.15) is 0 Å². The first-order chi connectivity index (χ1) is 14.0. The number of nitrogens with zero attached hydrogens (tertiary/aromatic N) is 2. The number of carbonyl (C=O) groups excluding carboxylic acids is 1. The van der Waals surface area contributed by atoms with Crippen LogP contribution in [0.2, 0.25) is 0 Å². The summed E-state index contributed by atoms with van der Waals surface area (Å²) in [6.07, 6.45) is 2.99. The molecule has 6 nitrogen and oxygen atoms in total. The SMILES string of the molecule is CN=C(NCCc1c[nH]c2cc(C)ccc12)NCc1ccc(C(=O)N(C)C)cc1. The second-order valence-corrected chi connectivity index (χ2v) is 7.36. The van der Waals surface area contributed by atoms with Crippen LogP contribution in [0.1, 0.15) is 27.0 Å². The van der Waals surface area contributed by atoms with Gasteiger partial charge in [-0.15, -0.1) is 0 Å². The van der Waals surface area contributed by atoms with Crippen LogP contribution in [0.4, 0.5) is 0 Å². The van der Waals surface area contributed by atoms with E-state index in [0.717, 1.165) is 24.5 Å². The minimum absolute atomic E-state index is 0.00873. The number of rotatable bonds is 6. The Balaban J connectivity index is 1.50. The van der Waals surface area contributed by atoms with Crippen molar-refractivity contribution in [1.29, 1.82) is 0 Å². The van der Waals surface area contributed by atoms with Crippen LogP contribution in [-0.2, 0) is 13.0 Å². The zero-order chi connectivity index (χ0) is 20.8. The van der Waals surface area contributed by atoms with E-state index < -0.39 is 0 Å². The highest BCUT2D eigenvalue weighted by molar-refractivity contribution is 5.93. The molecule has 1 amide bonds. The zero-order valence-electron chi connectivity index (χ0n) is 17.5. The Morgan fingerprint density at radius 2 is 1.86 bits per heavy atom. The lowest BCUT2D eigenvalue weighted by atomic mass is 10.1. The van der Waals surface area contributed by atoms with Crippen LogP contribution in [0.15, 0.2) is 53.7 Å². The summed E-state index contributed by atoms with van der Waals surface area (Å²) in [5, 5.41) is 7.95. The van der Waals surface area contributed by atoms with E-state index in [4.69, 9.17) is 0 Å². The first kappa shape index (κ1) is 20.5. The Kier molecular flexibility index (Phi) is 6.54. The average molecular weight is 392 g/mol. The van der Waals surface area contributed by atoms with Crippen LogP contribution >= 0.6 is 0 Å². The number of fused-ring (bicyclic) bond motifs is 1. The summed E-state index contributed by atoms with van der Waals surface area (Å²) in [5.41, 5.74) is 5.51. The van der Waals surface area contributed by atoms with Gasteiger partial charge in [0.05, 0.1) is 0 Å². The maximum atomic E-state index is 12.0. The molecule has 0 aliphatic heterocycles. The van der Waals surface area contributed by atoms with Crippen molar-refractivity contribution in [1.82, 2.24) is 20.5 Å². The lowest BCUT2D eigenvalue weighted by Crippen LogP contribution is -2.37. The highest BCUT2D eigenvalue weighted by atomic mass is 16.2. The van der Waals surface area contributed by atoms with Gasteiger partial charge in [-0.25, -0.2) is 0 Å². The van der Waals surface area contributed by atoms with Gasteiger partial charge in [0.1, 0.15) is 0 Å². The Morgan fingerprint density at radius 1 is 1.10 bits per heavy atom. The number of guanidine groups is 1. The van der Waals surface area contributed by atoms with Gasteiger partial charge in [0.2, 0.25) is 0 Å². The number of amides is 1. The van der Waals surface area contributed by atoms with Crippen LogP contribution in [-0.4, -0.2) is 49.4 Å². The quantitative estimate of drug-likeness (QED) is 0.447. The van der Waals surface area contributed by atoms with Crippen molar-refractivity contribution in [3.63, 3.8) is 0 Å². The molecular formula is C23H29N5O. The smallest absolute Gasteiger partial charge is 0.253 e. The molecule has 0 aliphatic carbocycles. The summed E-state index contributed by atoms with van der Waals surface area (Å²) >= 11 is 0. The van der Waals surface area contributed by atoms with Crippen molar-refractivity contribution < 1.29 is 4.79 Å². The van der Waals surface area contributed by atoms with E-state index in [1.807, 2.05) is 24.3 Å². The second kappa shape index (κ2) is 9.28. The van der Waals surface area contributed by atoms with Gasteiger partial charge in [0.15, 0.2) is 5.96 Å². The lowest BCUT2D eigenvalue weighted by molar-refractivity contribution is 0.0827. The number of hydrogen-bond acceptors (Lipinski definition) is 2. The number of aromatic amines is 1. The van der Waals surface area contributed by atoms with Crippen LogP contribution < -0.4 is 10.6 Å². The molecule has 0 fully saturated rings. The number of hydrogen-bond donors (Lipinski definition) is 3. The molecule has 0 radical (unpaired) electrons. The molecule has 0 unspecified atom stereocenters. The van der Waals surface area contributed by atoms with Crippen molar-refractivity contribution in [2.24, 2.45) is 4.99 Å². The fourth-order valence-corrected chi connectivity index (χ4v) is 3.25. The molecule has 3 N–H and O–H groups in total. The van der Waals surface area contributed by atoms with Gasteiger partial charge in [-0.3, -0.25) is 9.79 Å². The van der Waals surface area contributed by atoms with Crippen LogP contribution in [0, 0.1) is 6.92 Å². The first-order valence-corrected chi connectivity index (χ1v) is 9.79. The number of aromatic nitrogens is 1. The molecule has 0 spiro atoms. The summed E-state index contributed by atoms with van der Waals surface area (Å²) < 4.78 is 0. The molecule has 0 bridgehead atoms. The third-order valence-corrected chi connectivity index (χ3v) is 4.90. The van der Waals surface area contributed by atoms with Crippen LogP contribution in [0.3, 0.4) is 0 Å². The summed E-state index contributed by atoms with van der Waals surface area (Å²) in [7, 11) is 5.28. The third kappa shape index (κ3) is 5.16. The minimum atomic E-state index is 0.00873. The van der Waals surface area contributed by atoms with Crippen LogP contribution in [0.25, 0.3) is 10.9 Å². The molecule has 0 saturated carbocycles. The Labute approximate surface area is 172 Å². The van der Waals surface area contributed by atoms with Crippen LogP contribution in [0.5, 0.6) is 0 Å². The normalized spacial score (nSPS) is 11.5. The average Bonchev–Trinajstić information content (AvgIpc) is 3.12. The Bertz CT molecular complexity index is 1000. The van der Waals surface area contributed by atoms with E-state index in [-0.39, 0.29) is 5.91 Å². The van der Waals surface area contributed by atoms with E-state index in [1.165, 1.54) is 22.0 Å². The van der Waals surface area contributed by atoms with Gasteiger partial charge in [-0.05, 0) is 48.2 Å². The third-order valence-electron chi connectivity index (χ3n) is 4.90. The number of aryl methyl sites for hydroxylation is 1. The molecule has 1 aromatic heterocycles. The molecule has 0 atom stereocenters. The number of nitrogens with one attached hydrogen (secondary N) is 3. The molecule has 3 aromatic rings. The Hall–Kier alpha value is -3.28. The van der Waals surface area contributed by atoms with E-state index in [0.29, 0.717) is 12.1 Å². The summed E-state index contributed by atoms with van der Waals surface area (Å²) in [6, 6.07) is 14.1. The highest BCUT2D eigenvalue weighted by Gasteiger charge is 2.08.